The van der Waals surface area contributed by atoms with Crippen LogP contribution in [0.4, 0.5) is 0 Å². The van der Waals surface area contributed by atoms with E-state index >= 15 is 0 Å². The fourth-order valence-corrected chi connectivity index (χ4v) is 2.95. The van der Waals surface area contributed by atoms with E-state index in [0.717, 1.165) is 19.7 Å². The van der Waals surface area contributed by atoms with Crippen LogP contribution in [-0.4, -0.2) is 49.2 Å². The third kappa shape index (κ3) is 3.45. The second-order valence-electron chi connectivity index (χ2n) is 5.90. The monoisotopic (exact) mass is 254 g/mol. The Labute approximate surface area is 110 Å². The van der Waals surface area contributed by atoms with Crippen LogP contribution in [0.3, 0.4) is 0 Å². The smallest absolute Gasteiger partial charge is 0.242 e. The van der Waals surface area contributed by atoms with E-state index in [9.17, 15) is 4.79 Å². The summed E-state index contributed by atoms with van der Waals surface area (Å²) in [4.78, 5) is 14.7. The number of rotatable bonds is 4. The molecule has 0 bridgehead atoms. The summed E-state index contributed by atoms with van der Waals surface area (Å²) in [5.41, 5.74) is 0. The molecule has 1 unspecified atom stereocenters. The molecule has 0 radical (unpaired) electrons. The van der Waals surface area contributed by atoms with Crippen LogP contribution in [0, 0.1) is 5.92 Å². The van der Waals surface area contributed by atoms with Gasteiger partial charge in [0, 0.05) is 19.1 Å². The highest BCUT2D eigenvalue weighted by Gasteiger charge is 2.32. The van der Waals surface area contributed by atoms with Crippen LogP contribution >= 0.6 is 0 Å². The van der Waals surface area contributed by atoms with Crippen molar-refractivity contribution in [2.24, 2.45) is 5.92 Å². The summed E-state index contributed by atoms with van der Waals surface area (Å²) in [6, 6.07) is 0.335. The molecule has 0 spiro atoms. The van der Waals surface area contributed by atoms with Crippen LogP contribution in [0.25, 0.3) is 0 Å². The average Bonchev–Trinajstić information content (AvgIpc) is 2.89. The largest absolute Gasteiger partial charge is 0.378 e. The van der Waals surface area contributed by atoms with Crippen molar-refractivity contribution in [2.45, 2.75) is 51.6 Å². The molecule has 0 aromatic heterocycles. The molecular weight excluding hydrogens is 228 g/mol. The quantitative estimate of drug-likeness (QED) is 0.824. The fraction of sp³-hybridized carbons (Fsp3) is 0.929. The summed E-state index contributed by atoms with van der Waals surface area (Å²) in [6.07, 6.45) is 4.88. The van der Waals surface area contributed by atoms with Crippen LogP contribution < -0.4 is 5.32 Å². The zero-order valence-corrected chi connectivity index (χ0v) is 11.7. The van der Waals surface area contributed by atoms with E-state index in [4.69, 9.17) is 4.74 Å². The molecule has 1 N–H and O–H groups in total. The number of amides is 1. The molecule has 2 rings (SSSR count). The number of hydrogen-bond acceptors (Lipinski definition) is 3. The summed E-state index contributed by atoms with van der Waals surface area (Å²) in [5, 5.41) is 3.28. The lowest BCUT2D eigenvalue weighted by Gasteiger charge is -2.35. The van der Waals surface area contributed by atoms with Gasteiger partial charge >= 0.3 is 0 Å². The molecule has 104 valence electrons. The van der Waals surface area contributed by atoms with Gasteiger partial charge in [-0.1, -0.05) is 26.7 Å². The van der Waals surface area contributed by atoms with Crippen LogP contribution in [0.2, 0.25) is 0 Å². The van der Waals surface area contributed by atoms with Gasteiger partial charge in [-0.15, -0.1) is 0 Å². The minimum Gasteiger partial charge on any atom is -0.378 e. The summed E-state index contributed by atoms with van der Waals surface area (Å²) < 4.78 is 5.41. The maximum absolute atomic E-state index is 12.6. The van der Waals surface area contributed by atoms with Gasteiger partial charge in [-0.3, -0.25) is 4.79 Å². The highest BCUT2D eigenvalue weighted by molar-refractivity contribution is 5.82. The highest BCUT2D eigenvalue weighted by Crippen LogP contribution is 2.25. The van der Waals surface area contributed by atoms with Gasteiger partial charge in [-0.05, 0) is 18.8 Å². The summed E-state index contributed by atoms with van der Waals surface area (Å²) in [5.74, 6) is 0.773. The van der Waals surface area contributed by atoms with Gasteiger partial charge in [-0.2, -0.15) is 0 Å². The molecule has 4 nitrogen and oxygen atoms in total. The first-order valence-corrected chi connectivity index (χ1v) is 7.30. The van der Waals surface area contributed by atoms with Gasteiger partial charge in [-0.25, -0.2) is 0 Å². The van der Waals surface area contributed by atoms with Crippen molar-refractivity contribution < 1.29 is 9.53 Å². The molecule has 1 amide bonds. The topological polar surface area (TPSA) is 41.6 Å². The lowest BCUT2D eigenvalue weighted by atomic mass is 10.1. The van der Waals surface area contributed by atoms with E-state index in [1.165, 1.54) is 25.7 Å². The number of carbonyl (C=O) groups is 1. The summed E-state index contributed by atoms with van der Waals surface area (Å²) in [6.45, 7) is 7.27. The Balaban J connectivity index is 1.99. The molecule has 1 saturated carbocycles. The van der Waals surface area contributed by atoms with E-state index in [1.807, 2.05) is 0 Å². The molecule has 1 heterocycles. The number of nitrogens with zero attached hydrogens (tertiary/aromatic N) is 1. The molecule has 18 heavy (non-hydrogen) atoms. The van der Waals surface area contributed by atoms with Crippen molar-refractivity contribution in [3.05, 3.63) is 0 Å². The van der Waals surface area contributed by atoms with Crippen molar-refractivity contribution in [1.29, 1.82) is 0 Å². The summed E-state index contributed by atoms with van der Waals surface area (Å²) in [7, 11) is 0. The number of carbonyl (C=O) groups excluding carboxylic acids is 1. The van der Waals surface area contributed by atoms with E-state index in [0.29, 0.717) is 18.6 Å². The molecule has 1 aliphatic heterocycles. The van der Waals surface area contributed by atoms with Crippen LogP contribution in [0.15, 0.2) is 0 Å². The van der Waals surface area contributed by atoms with Crippen LogP contribution in [-0.2, 0) is 9.53 Å². The average molecular weight is 254 g/mol. The number of morpholine rings is 1. The van der Waals surface area contributed by atoms with Gasteiger partial charge in [0.05, 0.1) is 13.2 Å². The first kappa shape index (κ1) is 13.8. The number of nitrogens with one attached hydrogen (secondary N) is 1. The molecule has 1 aliphatic carbocycles. The molecule has 4 heteroatoms. The second kappa shape index (κ2) is 6.53. The first-order chi connectivity index (χ1) is 8.68. The van der Waals surface area contributed by atoms with E-state index < -0.39 is 0 Å². The van der Waals surface area contributed by atoms with E-state index in [-0.39, 0.29) is 11.9 Å². The molecular formula is C14H26N2O2. The van der Waals surface area contributed by atoms with E-state index in [2.05, 4.69) is 24.1 Å². The Hall–Kier alpha value is -0.610. The molecule has 0 aromatic rings. The Morgan fingerprint density at radius 3 is 2.67 bits per heavy atom. The third-order valence-corrected chi connectivity index (χ3v) is 3.83. The van der Waals surface area contributed by atoms with Gasteiger partial charge in [0.1, 0.15) is 6.04 Å². The van der Waals surface area contributed by atoms with Gasteiger partial charge < -0.3 is 15.0 Å². The molecule has 0 aromatic carbocycles. The zero-order valence-electron chi connectivity index (χ0n) is 11.7. The Morgan fingerprint density at radius 1 is 1.39 bits per heavy atom. The predicted molar refractivity (Wildman–Crippen MR) is 71.4 cm³/mol. The fourth-order valence-electron chi connectivity index (χ4n) is 2.95. The first-order valence-electron chi connectivity index (χ1n) is 7.30. The van der Waals surface area contributed by atoms with Crippen molar-refractivity contribution in [3.63, 3.8) is 0 Å². The minimum absolute atomic E-state index is 0.127. The summed E-state index contributed by atoms with van der Waals surface area (Å²) >= 11 is 0. The number of hydrogen-bond donors (Lipinski definition) is 1. The van der Waals surface area contributed by atoms with Crippen LogP contribution in [0.5, 0.6) is 0 Å². The maximum Gasteiger partial charge on any atom is 0.242 e. The zero-order chi connectivity index (χ0) is 13.0. The normalized spacial score (nSPS) is 25.6. The van der Waals surface area contributed by atoms with Gasteiger partial charge in [0.2, 0.25) is 5.91 Å². The highest BCUT2D eigenvalue weighted by atomic mass is 16.5. The Bertz CT molecular complexity index is 269. The van der Waals surface area contributed by atoms with Crippen molar-refractivity contribution >= 4 is 5.91 Å². The van der Waals surface area contributed by atoms with Crippen molar-refractivity contribution in [1.82, 2.24) is 10.2 Å². The predicted octanol–water partition coefficient (Wildman–Crippen LogP) is 1.40. The van der Waals surface area contributed by atoms with Gasteiger partial charge in [0.15, 0.2) is 0 Å². The third-order valence-electron chi connectivity index (χ3n) is 3.83. The van der Waals surface area contributed by atoms with Crippen molar-refractivity contribution in [2.75, 3.05) is 26.3 Å². The molecule has 2 aliphatic rings. The van der Waals surface area contributed by atoms with Gasteiger partial charge in [0.25, 0.3) is 0 Å². The Kier molecular flexibility index (Phi) is 5.01. The van der Waals surface area contributed by atoms with Crippen LogP contribution in [0.1, 0.15) is 39.5 Å². The molecule has 1 saturated heterocycles. The SMILES string of the molecule is CC(C)CN(C(=O)C1COCCN1)C1CCCC1. The lowest BCUT2D eigenvalue weighted by molar-refractivity contribution is -0.139. The number of ether oxygens (including phenoxy) is 1. The second-order valence-corrected chi connectivity index (χ2v) is 5.90. The molecule has 1 atom stereocenters. The molecule has 2 fully saturated rings. The standard InChI is InChI=1S/C14H26N2O2/c1-11(2)9-16(12-5-3-4-6-12)14(17)13-10-18-8-7-15-13/h11-13,15H,3-10H2,1-2H3. The van der Waals surface area contributed by atoms with Crippen molar-refractivity contribution in [3.8, 4) is 0 Å². The lowest BCUT2D eigenvalue weighted by Crippen LogP contribution is -2.55. The maximum atomic E-state index is 12.6. The van der Waals surface area contributed by atoms with E-state index in [1.54, 1.807) is 0 Å². The minimum atomic E-state index is -0.127. The Morgan fingerprint density at radius 2 is 2.11 bits per heavy atom.